The lowest BCUT2D eigenvalue weighted by Gasteiger charge is -2.14. The van der Waals surface area contributed by atoms with Gasteiger partial charge in [0.15, 0.2) is 0 Å². The number of benzene rings is 3. The van der Waals surface area contributed by atoms with Gasteiger partial charge < -0.3 is 9.84 Å². The lowest BCUT2D eigenvalue weighted by Crippen LogP contribution is -2.09. The molecule has 148 valence electrons. The SMILES string of the molecule is C=C(C)C(=O)OCCc1cc(CO)ccc1-c1ccc(-c2ccccc2)cc1F. The molecule has 0 saturated carbocycles. The first kappa shape index (κ1) is 20.5. The number of carbonyl (C=O) groups excluding carboxylic acids is 1. The highest BCUT2D eigenvalue weighted by atomic mass is 19.1. The van der Waals surface area contributed by atoms with Crippen molar-refractivity contribution in [1.29, 1.82) is 0 Å². The van der Waals surface area contributed by atoms with Gasteiger partial charge in [0.25, 0.3) is 0 Å². The fraction of sp³-hybridized carbons (Fsp3) is 0.160. The fourth-order valence-corrected chi connectivity index (χ4v) is 3.14. The van der Waals surface area contributed by atoms with Crippen molar-refractivity contribution in [3.05, 3.63) is 95.8 Å². The van der Waals surface area contributed by atoms with Crippen LogP contribution in [-0.4, -0.2) is 17.7 Å². The van der Waals surface area contributed by atoms with Gasteiger partial charge in [0.2, 0.25) is 0 Å². The van der Waals surface area contributed by atoms with Gasteiger partial charge in [-0.05, 0) is 40.8 Å². The third-order valence-electron chi connectivity index (χ3n) is 4.67. The van der Waals surface area contributed by atoms with Crippen molar-refractivity contribution in [2.45, 2.75) is 20.0 Å². The van der Waals surface area contributed by atoms with Crippen molar-refractivity contribution in [3.8, 4) is 22.3 Å². The normalized spacial score (nSPS) is 10.6. The van der Waals surface area contributed by atoms with E-state index in [2.05, 4.69) is 6.58 Å². The molecule has 0 atom stereocenters. The van der Waals surface area contributed by atoms with Gasteiger partial charge in [-0.1, -0.05) is 67.2 Å². The molecule has 3 aromatic carbocycles. The lowest BCUT2D eigenvalue weighted by molar-refractivity contribution is -0.138. The Morgan fingerprint density at radius 2 is 1.72 bits per heavy atom. The van der Waals surface area contributed by atoms with Crippen molar-refractivity contribution in [2.75, 3.05) is 6.61 Å². The molecule has 0 unspecified atom stereocenters. The molecule has 0 bridgehead atoms. The standard InChI is InChI=1S/C25H23FO3/c1-17(2)25(28)29-13-12-21-14-18(16-27)8-10-22(21)23-11-9-20(15-24(23)26)19-6-4-3-5-7-19/h3-11,14-15,27H,1,12-13,16H2,2H3. The summed E-state index contributed by atoms with van der Waals surface area (Å²) in [6.07, 6.45) is 0.405. The molecule has 0 heterocycles. The summed E-state index contributed by atoms with van der Waals surface area (Å²) < 4.78 is 20.2. The maximum atomic E-state index is 15.0. The minimum absolute atomic E-state index is 0.117. The maximum Gasteiger partial charge on any atom is 0.333 e. The molecular formula is C25H23FO3. The first-order chi connectivity index (χ1) is 14.0. The highest BCUT2D eigenvalue weighted by Crippen LogP contribution is 2.31. The molecule has 1 N–H and O–H groups in total. The Labute approximate surface area is 170 Å². The Balaban J connectivity index is 1.91. The van der Waals surface area contributed by atoms with Crippen LogP contribution in [0, 0.1) is 5.82 Å². The van der Waals surface area contributed by atoms with E-state index >= 15 is 0 Å². The van der Waals surface area contributed by atoms with Crippen molar-refractivity contribution in [1.82, 2.24) is 0 Å². The number of esters is 1. The van der Waals surface area contributed by atoms with Gasteiger partial charge in [-0.25, -0.2) is 9.18 Å². The van der Waals surface area contributed by atoms with Gasteiger partial charge in [0, 0.05) is 17.6 Å². The van der Waals surface area contributed by atoms with Crippen molar-refractivity contribution in [2.24, 2.45) is 0 Å². The summed E-state index contributed by atoms with van der Waals surface area (Å²) in [6.45, 7) is 5.18. The average molecular weight is 390 g/mol. The third kappa shape index (κ3) is 4.98. The highest BCUT2D eigenvalue weighted by Gasteiger charge is 2.13. The summed E-state index contributed by atoms with van der Waals surface area (Å²) in [4.78, 5) is 11.6. The summed E-state index contributed by atoms with van der Waals surface area (Å²) in [5.74, 6) is -0.786. The number of rotatable bonds is 7. The largest absolute Gasteiger partial charge is 0.462 e. The lowest BCUT2D eigenvalue weighted by atomic mass is 9.94. The zero-order valence-corrected chi connectivity index (χ0v) is 16.3. The molecule has 0 aromatic heterocycles. The van der Waals surface area contributed by atoms with Gasteiger partial charge in [-0.15, -0.1) is 0 Å². The zero-order valence-electron chi connectivity index (χ0n) is 16.3. The molecule has 0 aliphatic heterocycles. The molecule has 3 aromatic rings. The van der Waals surface area contributed by atoms with Crippen LogP contribution in [0.4, 0.5) is 4.39 Å². The molecule has 0 aliphatic rings. The van der Waals surface area contributed by atoms with E-state index in [1.807, 2.05) is 42.5 Å². The van der Waals surface area contributed by atoms with Crippen LogP contribution in [0.25, 0.3) is 22.3 Å². The maximum absolute atomic E-state index is 15.0. The topological polar surface area (TPSA) is 46.5 Å². The van der Waals surface area contributed by atoms with E-state index in [1.165, 1.54) is 6.07 Å². The van der Waals surface area contributed by atoms with Crippen LogP contribution < -0.4 is 0 Å². The second-order valence-electron chi connectivity index (χ2n) is 6.88. The minimum atomic E-state index is -0.455. The van der Waals surface area contributed by atoms with E-state index in [0.717, 1.165) is 22.3 Å². The summed E-state index contributed by atoms with van der Waals surface area (Å²) in [5.41, 5.74) is 4.78. The average Bonchev–Trinajstić information content (AvgIpc) is 2.74. The number of aliphatic hydroxyl groups is 1. The summed E-state index contributed by atoms with van der Waals surface area (Å²) in [5, 5.41) is 9.46. The van der Waals surface area contributed by atoms with Crippen LogP contribution in [0.1, 0.15) is 18.1 Å². The number of ether oxygens (including phenoxy) is 1. The van der Waals surface area contributed by atoms with Crippen molar-refractivity contribution in [3.63, 3.8) is 0 Å². The van der Waals surface area contributed by atoms with E-state index in [0.29, 0.717) is 23.1 Å². The van der Waals surface area contributed by atoms with Crippen LogP contribution in [0.15, 0.2) is 78.9 Å². The van der Waals surface area contributed by atoms with Gasteiger partial charge in [-0.2, -0.15) is 0 Å². The number of halogens is 1. The molecule has 3 nitrogen and oxygen atoms in total. The smallest absolute Gasteiger partial charge is 0.333 e. The second kappa shape index (κ2) is 9.30. The molecule has 0 saturated heterocycles. The molecule has 29 heavy (non-hydrogen) atoms. The van der Waals surface area contributed by atoms with Crippen molar-refractivity contribution >= 4 is 5.97 Å². The van der Waals surface area contributed by atoms with Crippen LogP contribution in [0.3, 0.4) is 0 Å². The molecule has 0 spiro atoms. The number of carbonyl (C=O) groups is 1. The molecule has 0 radical (unpaired) electrons. The Morgan fingerprint density at radius 1 is 1.00 bits per heavy atom. The van der Waals surface area contributed by atoms with Gasteiger partial charge in [-0.3, -0.25) is 0 Å². The third-order valence-corrected chi connectivity index (χ3v) is 4.67. The van der Waals surface area contributed by atoms with E-state index in [-0.39, 0.29) is 19.0 Å². The Hall–Kier alpha value is -3.24. The Bertz CT molecular complexity index is 1030. The summed E-state index contributed by atoms with van der Waals surface area (Å²) in [6, 6.07) is 20.2. The van der Waals surface area contributed by atoms with Gasteiger partial charge in [0.05, 0.1) is 13.2 Å². The number of hydrogen-bond acceptors (Lipinski definition) is 3. The predicted octanol–water partition coefficient (Wildman–Crippen LogP) is 5.31. The van der Waals surface area contributed by atoms with E-state index in [1.54, 1.807) is 25.1 Å². The van der Waals surface area contributed by atoms with Gasteiger partial charge in [0.1, 0.15) is 5.82 Å². The predicted molar refractivity (Wildman–Crippen MR) is 113 cm³/mol. The molecule has 4 heteroatoms. The van der Waals surface area contributed by atoms with Crippen LogP contribution >= 0.6 is 0 Å². The number of aliphatic hydroxyl groups excluding tert-OH is 1. The first-order valence-corrected chi connectivity index (χ1v) is 9.40. The van der Waals surface area contributed by atoms with Gasteiger partial charge >= 0.3 is 5.97 Å². The van der Waals surface area contributed by atoms with E-state index in [9.17, 15) is 14.3 Å². The van der Waals surface area contributed by atoms with Crippen LogP contribution in [0.2, 0.25) is 0 Å². The second-order valence-corrected chi connectivity index (χ2v) is 6.88. The number of hydrogen-bond donors (Lipinski definition) is 1. The quantitative estimate of drug-likeness (QED) is 0.439. The molecular weight excluding hydrogens is 367 g/mol. The zero-order chi connectivity index (χ0) is 20.8. The van der Waals surface area contributed by atoms with E-state index < -0.39 is 5.97 Å². The summed E-state index contributed by atoms with van der Waals surface area (Å²) in [7, 11) is 0. The summed E-state index contributed by atoms with van der Waals surface area (Å²) >= 11 is 0. The molecule has 0 amide bonds. The fourth-order valence-electron chi connectivity index (χ4n) is 3.14. The Kier molecular flexibility index (Phi) is 6.57. The first-order valence-electron chi connectivity index (χ1n) is 9.40. The van der Waals surface area contributed by atoms with Crippen LogP contribution in [-0.2, 0) is 22.6 Å². The molecule has 0 fully saturated rings. The van der Waals surface area contributed by atoms with Crippen molar-refractivity contribution < 1.29 is 19.0 Å². The minimum Gasteiger partial charge on any atom is -0.462 e. The molecule has 3 rings (SSSR count). The molecule has 0 aliphatic carbocycles. The monoisotopic (exact) mass is 390 g/mol. The Morgan fingerprint density at radius 3 is 2.38 bits per heavy atom. The van der Waals surface area contributed by atoms with E-state index in [4.69, 9.17) is 4.74 Å². The highest BCUT2D eigenvalue weighted by molar-refractivity contribution is 5.86. The van der Waals surface area contributed by atoms with Crippen LogP contribution in [0.5, 0.6) is 0 Å².